The molecule has 0 saturated carbocycles. The Kier molecular flexibility index (Phi) is 4.76. The number of benzene rings is 1. The molecule has 2 aliphatic heterocycles. The van der Waals surface area contributed by atoms with Crippen molar-refractivity contribution in [2.24, 2.45) is 0 Å². The zero-order chi connectivity index (χ0) is 20.0. The summed E-state index contributed by atoms with van der Waals surface area (Å²) in [5.74, 6) is 1.23. The highest BCUT2D eigenvalue weighted by Gasteiger charge is 2.34. The Hall–Kier alpha value is -2.10. The van der Waals surface area contributed by atoms with Crippen molar-refractivity contribution in [1.82, 2.24) is 14.9 Å². The molecular formula is C20H21FN4O2S2. The van der Waals surface area contributed by atoms with Crippen molar-refractivity contribution in [2.45, 2.75) is 12.5 Å². The number of hydrogen-bond acceptors (Lipinski definition) is 7. The number of anilines is 1. The Balaban J connectivity index is 1.41. The van der Waals surface area contributed by atoms with Crippen molar-refractivity contribution in [3.63, 3.8) is 0 Å². The molecule has 2 aliphatic rings. The van der Waals surface area contributed by atoms with Crippen molar-refractivity contribution in [3.8, 4) is 11.1 Å². The minimum Gasteiger partial charge on any atom is -0.353 e. The molecule has 0 radical (unpaired) electrons. The SMILES string of the molecule is O=S1(=O)CC[C@@H](N2CCN(c3ncnc4scc(-c5ccc(F)cc5)c34)CC2)C1. The number of fused-ring (bicyclic) bond motifs is 1. The summed E-state index contributed by atoms with van der Waals surface area (Å²) in [6, 6.07) is 6.65. The first-order chi connectivity index (χ1) is 14.0. The van der Waals surface area contributed by atoms with Crippen molar-refractivity contribution in [2.75, 3.05) is 42.6 Å². The summed E-state index contributed by atoms with van der Waals surface area (Å²) in [7, 11) is -2.87. The van der Waals surface area contributed by atoms with Gasteiger partial charge in [0.2, 0.25) is 0 Å². The first-order valence-electron chi connectivity index (χ1n) is 9.68. The van der Waals surface area contributed by atoms with Gasteiger partial charge in [-0.05, 0) is 24.1 Å². The van der Waals surface area contributed by atoms with Gasteiger partial charge in [0, 0.05) is 43.2 Å². The largest absolute Gasteiger partial charge is 0.353 e. The van der Waals surface area contributed by atoms with Crippen LogP contribution in [0.2, 0.25) is 0 Å². The van der Waals surface area contributed by atoms with Gasteiger partial charge in [0.1, 0.15) is 22.8 Å². The molecular weight excluding hydrogens is 411 g/mol. The third-order valence-corrected chi connectivity index (χ3v) is 8.48. The van der Waals surface area contributed by atoms with Gasteiger partial charge in [-0.15, -0.1) is 11.3 Å². The van der Waals surface area contributed by atoms with E-state index in [9.17, 15) is 12.8 Å². The van der Waals surface area contributed by atoms with Crippen LogP contribution in [0.15, 0.2) is 36.0 Å². The lowest BCUT2D eigenvalue weighted by molar-refractivity contribution is 0.200. The summed E-state index contributed by atoms with van der Waals surface area (Å²) in [4.78, 5) is 14.5. The lowest BCUT2D eigenvalue weighted by atomic mass is 10.1. The maximum atomic E-state index is 13.4. The quantitative estimate of drug-likeness (QED) is 0.634. The molecule has 0 amide bonds. The second-order valence-corrected chi connectivity index (χ2v) is 10.7. The highest BCUT2D eigenvalue weighted by Crippen LogP contribution is 2.38. The van der Waals surface area contributed by atoms with E-state index in [0.717, 1.165) is 59.8 Å². The molecule has 152 valence electrons. The van der Waals surface area contributed by atoms with Crippen LogP contribution in [-0.2, 0) is 9.84 Å². The summed E-state index contributed by atoms with van der Waals surface area (Å²) in [5.41, 5.74) is 1.97. The number of sulfone groups is 1. The molecule has 2 saturated heterocycles. The van der Waals surface area contributed by atoms with Gasteiger partial charge in [-0.3, -0.25) is 4.90 Å². The van der Waals surface area contributed by atoms with E-state index in [2.05, 4.69) is 25.1 Å². The van der Waals surface area contributed by atoms with Crippen LogP contribution in [0.5, 0.6) is 0 Å². The monoisotopic (exact) mass is 432 g/mol. The Morgan fingerprint density at radius 1 is 1.07 bits per heavy atom. The van der Waals surface area contributed by atoms with Crippen molar-refractivity contribution in [3.05, 3.63) is 41.8 Å². The summed E-state index contributed by atoms with van der Waals surface area (Å²) in [6.07, 6.45) is 2.33. The van der Waals surface area contributed by atoms with Crippen molar-refractivity contribution in [1.29, 1.82) is 0 Å². The standard InChI is InChI=1S/C20H21FN4O2S2/c21-15-3-1-14(2-4-15)17-11-28-20-18(17)19(22-13-23-20)25-8-6-24(7-9-25)16-5-10-29(26,27)12-16/h1-4,11,13,16H,5-10,12H2/t16-/m1/s1. The number of halogens is 1. The van der Waals surface area contributed by atoms with Gasteiger partial charge in [0.05, 0.1) is 16.9 Å². The first kappa shape index (κ1) is 18.9. The minimum absolute atomic E-state index is 0.142. The van der Waals surface area contributed by atoms with Gasteiger partial charge in [-0.2, -0.15) is 0 Å². The zero-order valence-corrected chi connectivity index (χ0v) is 17.4. The summed E-state index contributed by atoms with van der Waals surface area (Å²) >= 11 is 1.56. The van der Waals surface area contributed by atoms with Crippen molar-refractivity contribution >= 4 is 37.2 Å². The van der Waals surface area contributed by atoms with E-state index in [1.807, 2.05) is 0 Å². The molecule has 2 fully saturated rings. The fraction of sp³-hybridized carbons (Fsp3) is 0.400. The number of piperazine rings is 1. The van der Waals surface area contributed by atoms with Crippen molar-refractivity contribution < 1.29 is 12.8 Å². The lowest BCUT2D eigenvalue weighted by Gasteiger charge is -2.38. The van der Waals surface area contributed by atoms with Crippen LogP contribution in [0, 0.1) is 5.82 Å². The topological polar surface area (TPSA) is 66.4 Å². The van der Waals surface area contributed by atoms with Gasteiger partial charge in [-0.25, -0.2) is 22.8 Å². The van der Waals surface area contributed by atoms with E-state index in [1.54, 1.807) is 29.8 Å². The fourth-order valence-corrected chi connectivity index (χ4v) is 6.98. The normalized spacial score (nSPS) is 22.4. The third kappa shape index (κ3) is 3.62. The maximum Gasteiger partial charge on any atom is 0.151 e. The van der Waals surface area contributed by atoms with Crippen LogP contribution in [0.1, 0.15) is 6.42 Å². The summed E-state index contributed by atoms with van der Waals surface area (Å²) in [5, 5.41) is 3.05. The maximum absolute atomic E-state index is 13.4. The zero-order valence-electron chi connectivity index (χ0n) is 15.8. The second-order valence-electron chi connectivity index (χ2n) is 7.61. The molecule has 1 aromatic carbocycles. The second kappa shape index (κ2) is 7.30. The van der Waals surface area contributed by atoms with Gasteiger partial charge in [0.15, 0.2) is 9.84 Å². The molecule has 1 atom stereocenters. The molecule has 4 heterocycles. The number of thiophene rings is 1. The highest BCUT2D eigenvalue weighted by atomic mass is 32.2. The van der Waals surface area contributed by atoms with E-state index in [1.165, 1.54) is 12.1 Å². The molecule has 0 spiro atoms. The molecule has 0 N–H and O–H groups in total. The van der Waals surface area contributed by atoms with E-state index in [4.69, 9.17) is 0 Å². The van der Waals surface area contributed by atoms with Gasteiger partial charge >= 0.3 is 0 Å². The molecule has 3 aromatic rings. The number of hydrogen-bond donors (Lipinski definition) is 0. The molecule has 0 unspecified atom stereocenters. The molecule has 29 heavy (non-hydrogen) atoms. The Morgan fingerprint density at radius 2 is 1.83 bits per heavy atom. The van der Waals surface area contributed by atoms with Crippen LogP contribution in [-0.4, -0.2) is 67.0 Å². The first-order valence-corrected chi connectivity index (χ1v) is 12.4. The number of nitrogens with zero attached hydrogens (tertiary/aromatic N) is 4. The fourth-order valence-electron chi connectivity index (χ4n) is 4.30. The molecule has 5 rings (SSSR count). The minimum atomic E-state index is -2.87. The lowest BCUT2D eigenvalue weighted by Crippen LogP contribution is -2.51. The Morgan fingerprint density at radius 3 is 2.52 bits per heavy atom. The Bertz CT molecular complexity index is 1140. The third-order valence-electron chi connectivity index (χ3n) is 5.84. The number of aromatic nitrogens is 2. The van der Waals surface area contributed by atoms with E-state index in [-0.39, 0.29) is 17.6 Å². The van der Waals surface area contributed by atoms with Crippen LogP contribution in [0.3, 0.4) is 0 Å². The molecule has 9 heteroatoms. The molecule has 0 bridgehead atoms. The van der Waals surface area contributed by atoms with Gasteiger partial charge < -0.3 is 4.90 Å². The van der Waals surface area contributed by atoms with E-state index < -0.39 is 9.84 Å². The summed E-state index contributed by atoms with van der Waals surface area (Å²) < 4.78 is 37.0. The van der Waals surface area contributed by atoms with Gasteiger partial charge in [-0.1, -0.05) is 12.1 Å². The number of rotatable bonds is 3. The molecule has 0 aliphatic carbocycles. The van der Waals surface area contributed by atoms with Crippen LogP contribution in [0.4, 0.5) is 10.2 Å². The molecule has 2 aromatic heterocycles. The van der Waals surface area contributed by atoms with Crippen LogP contribution >= 0.6 is 11.3 Å². The average molecular weight is 433 g/mol. The van der Waals surface area contributed by atoms with E-state index >= 15 is 0 Å². The smallest absolute Gasteiger partial charge is 0.151 e. The van der Waals surface area contributed by atoms with Crippen LogP contribution in [0.25, 0.3) is 21.3 Å². The predicted molar refractivity (Wildman–Crippen MR) is 114 cm³/mol. The predicted octanol–water partition coefficient (Wildman–Crippen LogP) is 2.81. The molecule has 6 nitrogen and oxygen atoms in total. The average Bonchev–Trinajstić information content (AvgIpc) is 3.32. The van der Waals surface area contributed by atoms with Crippen LogP contribution < -0.4 is 4.90 Å². The van der Waals surface area contributed by atoms with E-state index in [0.29, 0.717) is 5.75 Å². The van der Waals surface area contributed by atoms with Gasteiger partial charge in [0.25, 0.3) is 0 Å². The summed E-state index contributed by atoms with van der Waals surface area (Å²) in [6.45, 7) is 3.23. The highest BCUT2D eigenvalue weighted by molar-refractivity contribution is 7.91. The Labute approximate surface area is 172 Å².